The minimum atomic E-state index is -0.120. The summed E-state index contributed by atoms with van der Waals surface area (Å²) in [7, 11) is 0. The van der Waals surface area contributed by atoms with E-state index in [-0.39, 0.29) is 24.0 Å². The monoisotopic (exact) mass is 359 g/mol. The maximum absolute atomic E-state index is 12.3. The van der Waals surface area contributed by atoms with Crippen LogP contribution in [0.4, 0.5) is 0 Å². The summed E-state index contributed by atoms with van der Waals surface area (Å²) in [5.74, 6) is -0.0795. The van der Waals surface area contributed by atoms with Crippen LogP contribution in [0.15, 0.2) is 35.4 Å². The predicted molar refractivity (Wildman–Crippen MR) is 98.0 cm³/mol. The average Bonchev–Trinajstić information content (AvgIpc) is 3.18. The van der Waals surface area contributed by atoms with Crippen molar-refractivity contribution in [2.75, 3.05) is 26.4 Å². The maximum atomic E-state index is 12.3. The molecule has 1 aromatic carbocycles. The lowest BCUT2D eigenvalue weighted by atomic mass is 10.2. The van der Waals surface area contributed by atoms with Gasteiger partial charge >= 0.3 is 0 Å². The molecule has 7 nitrogen and oxygen atoms in total. The van der Waals surface area contributed by atoms with Crippen molar-refractivity contribution in [3.8, 4) is 0 Å². The van der Waals surface area contributed by atoms with E-state index in [2.05, 4.69) is 10.3 Å². The van der Waals surface area contributed by atoms with Gasteiger partial charge in [-0.05, 0) is 31.4 Å². The van der Waals surface area contributed by atoms with Crippen LogP contribution in [0, 0.1) is 0 Å². The van der Waals surface area contributed by atoms with Gasteiger partial charge in [0.05, 0.1) is 29.9 Å². The van der Waals surface area contributed by atoms with E-state index in [4.69, 9.17) is 9.47 Å². The Bertz CT molecular complexity index is 784. The minimum absolute atomic E-state index is 0.0795. The van der Waals surface area contributed by atoms with Crippen molar-refractivity contribution in [2.45, 2.75) is 38.3 Å². The molecule has 1 aliphatic rings. The number of aromatic nitrogens is 2. The molecule has 2 aromatic rings. The third-order valence-electron chi connectivity index (χ3n) is 4.43. The molecule has 1 saturated heterocycles. The van der Waals surface area contributed by atoms with Crippen LogP contribution in [0.3, 0.4) is 0 Å². The molecule has 26 heavy (non-hydrogen) atoms. The second-order valence-corrected chi connectivity index (χ2v) is 6.42. The molecule has 140 valence electrons. The molecule has 1 amide bonds. The van der Waals surface area contributed by atoms with Crippen LogP contribution in [-0.4, -0.2) is 47.9 Å². The fraction of sp³-hybridized carbons (Fsp3) is 0.526. The Morgan fingerprint density at radius 1 is 1.38 bits per heavy atom. The number of benzene rings is 1. The van der Waals surface area contributed by atoms with Crippen LogP contribution in [0.1, 0.15) is 25.7 Å². The number of para-hydroxylation sites is 1. The van der Waals surface area contributed by atoms with E-state index in [1.54, 1.807) is 12.1 Å². The van der Waals surface area contributed by atoms with Gasteiger partial charge in [0.15, 0.2) is 0 Å². The number of nitrogens with one attached hydrogen (secondary N) is 1. The topological polar surface area (TPSA) is 82.5 Å². The number of fused-ring (bicyclic) bond motifs is 1. The summed E-state index contributed by atoms with van der Waals surface area (Å²) in [4.78, 5) is 28.5. The molecular formula is C19H25N3O4. The first kappa shape index (κ1) is 18.5. The summed E-state index contributed by atoms with van der Waals surface area (Å²) in [6, 6.07) is 7.20. The van der Waals surface area contributed by atoms with Crippen molar-refractivity contribution in [1.29, 1.82) is 0 Å². The van der Waals surface area contributed by atoms with Gasteiger partial charge < -0.3 is 14.8 Å². The summed E-state index contributed by atoms with van der Waals surface area (Å²) < 4.78 is 12.5. The van der Waals surface area contributed by atoms with Crippen molar-refractivity contribution in [3.63, 3.8) is 0 Å². The SMILES string of the molecule is O=C(CCn1cnc2ccccc2c1=O)NCCCOCC1CCCO1. The summed E-state index contributed by atoms with van der Waals surface area (Å²) in [6.07, 6.45) is 4.92. The molecule has 0 saturated carbocycles. The number of hydrogen-bond donors (Lipinski definition) is 1. The van der Waals surface area contributed by atoms with Gasteiger partial charge in [-0.3, -0.25) is 14.2 Å². The van der Waals surface area contributed by atoms with Gasteiger partial charge in [-0.2, -0.15) is 0 Å². The van der Waals surface area contributed by atoms with Gasteiger partial charge in [-0.1, -0.05) is 12.1 Å². The molecule has 1 unspecified atom stereocenters. The Morgan fingerprint density at radius 3 is 3.12 bits per heavy atom. The third kappa shape index (κ3) is 5.12. The molecular weight excluding hydrogens is 334 g/mol. The van der Waals surface area contributed by atoms with Gasteiger partial charge in [-0.25, -0.2) is 4.98 Å². The molecule has 7 heteroatoms. The van der Waals surface area contributed by atoms with E-state index in [0.717, 1.165) is 25.9 Å². The van der Waals surface area contributed by atoms with Crippen LogP contribution >= 0.6 is 0 Å². The number of carbonyl (C=O) groups excluding carboxylic acids is 1. The smallest absolute Gasteiger partial charge is 0.261 e. The van der Waals surface area contributed by atoms with Crippen LogP contribution in [0.5, 0.6) is 0 Å². The van der Waals surface area contributed by atoms with Crippen LogP contribution < -0.4 is 10.9 Å². The van der Waals surface area contributed by atoms with Crippen molar-refractivity contribution in [3.05, 3.63) is 40.9 Å². The minimum Gasteiger partial charge on any atom is -0.379 e. The van der Waals surface area contributed by atoms with E-state index < -0.39 is 0 Å². The summed E-state index contributed by atoms with van der Waals surface area (Å²) in [6.45, 7) is 2.95. The molecule has 0 radical (unpaired) electrons. The van der Waals surface area contributed by atoms with E-state index in [9.17, 15) is 9.59 Å². The van der Waals surface area contributed by atoms with Gasteiger partial charge in [0.1, 0.15) is 0 Å². The largest absolute Gasteiger partial charge is 0.379 e. The zero-order valence-electron chi connectivity index (χ0n) is 14.9. The molecule has 0 aliphatic carbocycles. The fourth-order valence-corrected chi connectivity index (χ4v) is 2.97. The highest BCUT2D eigenvalue weighted by atomic mass is 16.5. The number of carbonyl (C=O) groups is 1. The Balaban J connectivity index is 1.34. The lowest BCUT2D eigenvalue weighted by molar-refractivity contribution is -0.121. The van der Waals surface area contributed by atoms with Gasteiger partial charge in [0.25, 0.3) is 5.56 Å². The average molecular weight is 359 g/mol. The number of aryl methyl sites for hydroxylation is 1. The quantitative estimate of drug-likeness (QED) is 0.686. The van der Waals surface area contributed by atoms with E-state index in [1.165, 1.54) is 10.9 Å². The molecule has 3 rings (SSSR count). The number of hydrogen-bond acceptors (Lipinski definition) is 5. The standard InChI is InChI=1S/C19H25N3O4/c23-18(20-9-4-11-25-13-15-5-3-12-26-15)8-10-22-14-21-17-7-2-1-6-16(17)19(22)24/h1-2,6-7,14-15H,3-5,8-13H2,(H,20,23). The van der Waals surface area contributed by atoms with Gasteiger partial charge in [0, 0.05) is 32.7 Å². The highest BCUT2D eigenvalue weighted by Crippen LogP contribution is 2.11. The molecule has 1 aromatic heterocycles. The Labute approximate surface area is 152 Å². The molecule has 1 N–H and O–H groups in total. The van der Waals surface area contributed by atoms with Gasteiger partial charge in [-0.15, -0.1) is 0 Å². The first-order chi connectivity index (χ1) is 12.7. The molecule has 1 fully saturated rings. The number of nitrogens with zero attached hydrogens (tertiary/aromatic N) is 2. The first-order valence-corrected chi connectivity index (χ1v) is 9.14. The first-order valence-electron chi connectivity index (χ1n) is 9.14. The lowest BCUT2D eigenvalue weighted by Gasteiger charge is -2.10. The second-order valence-electron chi connectivity index (χ2n) is 6.42. The molecule has 1 aliphatic heterocycles. The lowest BCUT2D eigenvalue weighted by Crippen LogP contribution is -2.28. The summed E-state index contributed by atoms with van der Waals surface area (Å²) in [5, 5.41) is 3.42. The Hall–Kier alpha value is -2.25. The van der Waals surface area contributed by atoms with E-state index >= 15 is 0 Å². The zero-order chi connectivity index (χ0) is 18.2. The fourth-order valence-electron chi connectivity index (χ4n) is 2.97. The van der Waals surface area contributed by atoms with Crippen LogP contribution in [0.2, 0.25) is 0 Å². The van der Waals surface area contributed by atoms with Crippen molar-refractivity contribution < 1.29 is 14.3 Å². The number of amides is 1. The molecule has 2 heterocycles. The van der Waals surface area contributed by atoms with Crippen molar-refractivity contribution in [1.82, 2.24) is 14.9 Å². The van der Waals surface area contributed by atoms with Crippen LogP contribution in [-0.2, 0) is 20.8 Å². The van der Waals surface area contributed by atoms with E-state index in [0.29, 0.717) is 37.2 Å². The third-order valence-corrected chi connectivity index (χ3v) is 4.43. The Morgan fingerprint density at radius 2 is 2.27 bits per heavy atom. The summed E-state index contributed by atoms with van der Waals surface area (Å²) in [5.41, 5.74) is 0.548. The van der Waals surface area contributed by atoms with Crippen LogP contribution in [0.25, 0.3) is 10.9 Å². The molecule has 0 bridgehead atoms. The summed E-state index contributed by atoms with van der Waals surface area (Å²) >= 11 is 0. The number of rotatable bonds is 9. The van der Waals surface area contributed by atoms with Gasteiger partial charge in [0.2, 0.25) is 5.91 Å². The molecule has 0 spiro atoms. The highest BCUT2D eigenvalue weighted by molar-refractivity contribution is 5.77. The highest BCUT2D eigenvalue weighted by Gasteiger charge is 2.14. The van der Waals surface area contributed by atoms with Crippen molar-refractivity contribution >= 4 is 16.8 Å². The predicted octanol–water partition coefficient (Wildman–Crippen LogP) is 1.49. The second kappa shape index (κ2) is 9.45. The molecule has 1 atom stereocenters. The Kier molecular flexibility index (Phi) is 6.74. The number of ether oxygens (including phenoxy) is 2. The van der Waals surface area contributed by atoms with Crippen molar-refractivity contribution in [2.24, 2.45) is 0 Å². The zero-order valence-corrected chi connectivity index (χ0v) is 14.9. The normalized spacial score (nSPS) is 16.8. The van der Waals surface area contributed by atoms with E-state index in [1.807, 2.05) is 12.1 Å². The maximum Gasteiger partial charge on any atom is 0.261 e.